The fraction of sp³-hybridized carbons (Fsp3) is 0.579. The monoisotopic (exact) mass is 421 g/mol. The number of benzene rings is 1. The molecule has 26 heavy (non-hydrogen) atoms. The van der Waals surface area contributed by atoms with Crippen molar-refractivity contribution in [2.24, 2.45) is 5.16 Å². The summed E-state index contributed by atoms with van der Waals surface area (Å²) >= 11 is 17.7. The fourth-order valence-corrected chi connectivity index (χ4v) is 3.22. The van der Waals surface area contributed by atoms with Gasteiger partial charge in [-0.2, -0.15) is 0 Å². The third-order valence-corrected chi connectivity index (χ3v) is 5.13. The van der Waals surface area contributed by atoms with Gasteiger partial charge in [-0.05, 0) is 43.4 Å². The summed E-state index contributed by atoms with van der Waals surface area (Å²) in [5, 5.41) is 13.2. The van der Waals surface area contributed by atoms with Crippen LogP contribution in [0.5, 0.6) is 0 Å². The van der Waals surface area contributed by atoms with Gasteiger partial charge in [0.2, 0.25) is 4.33 Å². The van der Waals surface area contributed by atoms with Gasteiger partial charge in [0.15, 0.2) is 0 Å². The Morgan fingerprint density at radius 1 is 1.04 bits per heavy atom. The zero-order valence-electron chi connectivity index (χ0n) is 15.0. The standard InChI is InChI=1S/C19H26Cl3NO3/c1-26-18(24)19(21,22)14-8-6-4-2-3-5-7-9-17(23-25)15-10-12-16(20)13-11-15/h10-13,25H,2-9,14H2,1H3/b23-17+. The molecule has 0 bridgehead atoms. The quantitative estimate of drug-likeness (QED) is 0.106. The summed E-state index contributed by atoms with van der Waals surface area (Å²) in [5.74, 6) is -0.595. The topological polar surface area (TPSA) is 58.9 Å². The molecule has 1 N–H and O–H groups in total. The van der Waals surface area contributed by atoms with Gasteiger partial charge in [-0.15, -0.1) is 0 Å². The first-order valence-corrected chi connectivity index (χ1v) is 9.97. The Bertz CT molecular complexity index is 574. The average molecular weight is 423 g/mol. The van der Waals surface area contributed by atoms with E-state index in [1.807, 2.05) is 12.1 Å². The number of esters is 1. The van der Waals surface area contributed by atoms with Crippen LogP contribution >= 0.6 is 34.8 Å². The summed E-state index contributed by atoms with van der Waals surface area (Å²) in [6.07, 6.45) is 8.25. The molecule has 0 aromatic heterocycles. The second-order valence-electron chi connectivity index (χ2n) is 6.22. The van der Waals surface area contributed by atoms with Crippen LogP contribution in [0.3, 0.4) is 0 Å². The second kappa shape index (κ2) is 12.4. The van der Waals surface area contributed by atoms with Crippen molar-refractivity contribution in [2.75, 3.05) is 7.11 Å². The number of rotatable bonds is 12. The number of unbranched alkanes of at least 4 members (excludes halogenated alkanes) is 6. The second-order valence-corrected chi connectivity index (χ2v) is 8.14. The molecule has 0 saturated heterocycles. The van der Waals surface area contributed by atoms with E-state index in [1.54, 1.807) is 12.1 Å². The molecule has 0 atom stereocenters. The van der Waals surface area contributed by atoms with Crippen LogP contribution in [0.25, 0.3) is 0 Å². The SMILES string of the molecule is COC(=O)C(Cl)(Cl)CCCCCCCCC/C(=N\O)c1ccc(Cl)cc1. The predicted octanol–water partition coefficient (Wildman–Crippen LogP) is 6.38. The molecule has 0 saturated carbocycles. The van der Waals surface area contributed by atoms with E-state index in [0.29, 0.717) is 17.2 Å². The van der Waals surface area contributed by atoms with Crippen LogP contribution in [0, 0.1) is 0 Å². The molecule has 1 aromatic carbocycles. The molecule has 0 fully saturated rings. The molecule has 0 aliphatic rings. The summed E-state index contributed by atoms with van der Waals surface area (Å²) in [7, 11) is 1.28. The van der Waals surface area contributed by atoms with E-state index >= 15 is 0 Å². The number of hydrogen-bond donors (Lipinski definition) is 1. The maximum absolute atomic E-state index is 11.4. The molecule has 0 radical (unpaired) electrons. The number of nitrogens with zero attached hydrogens (tertiary/aromatic N) is 1. The van der Waals surface area contributed by atoms with Gasteiger partial charge in [0, 0.05) is 5.02 Å². The fourth-order valence-electron chi connectivity index (χ4n) is 2.67. The van der Waals surface area contributed by atoms with Crippen molar-refractivity contribution in [3.8, 4) is 0 Å². The lowest BCUT2D eigenvalue weighted by Gasteiger charge is -2.15. The third-order valence-electron chi connectivity index (χ3n) is 4.19. The third kappa shape index (κ3) is 8.61. The maximum Gasteiger partial charge on any atom is 0.342 e. The van der Waals surface area contributed by atoms with Crippen molar-refractivity contribution >= 4 is 46.5 Å². The minimum atomic E-state index is -1.43. The van der Waals surface area contributed by atoms with Crippen LogP contribution in [0.1, 0.15) is 63.4 Å². The van der Waals surface area contributed by atoms with E-state index in [4.69, 9.17) is 34.8 Å². The van der Waals surface area contributed by atoms with Gasteiger partial charge < -0.3 is 9.94 Å². The van der Waals surface area contributed by atoms with Crippen LogP contribution in [-0.4, -0.2) is 28.3 Å². The first kappa shape index (κ1) is 23.1. The molecular weight excluding hydrogens is 397 g/mol. The molecule has 146 valence electrons. The zero-order chi connectivity index (χ0) is 19.4. The first-order chi connectivity index (χ1) is 12.4. The normalized spacial score (nSPS) is 12.2. The average Bonchev–Trinajstić information content (AvgIpc) is 2.63. The van der Waals surface area contributed by atoms with Gasteiger partial charge >= 0.3 is 5.97 Å². The highest BCUT2D eigenvalue weighted by Gasteiger charge is 2.33. The van der Waals surface area contributed by atoms with E-state index in [1.165, 1.54) is 7.11 Å². The molecule has 4 nitrogen and oxygen atoms in total. The Balaban J connectivity index is 2.10. The molecular formula is C19H26Cl3NO3. The molecule has 0 amide bonds. The van der Waals surface area contributed by atoms with Gasteiger partial charge in [0.05, 0.1) is 12.8 Å². The molecule has 7 heteroatoms. The number of methoxy groups -OCH3 is 1. The molecule has 1 aromatic rings. The molecule has 0 aliphatic carbocycles. The molecule has 1 rings (SSSR count). The van der Waals surface area contributed by atoms with Crippen molar-refractivity contribution in [1.82, 2.24) is 0 Å². The number of hydrogen-bond acceptors (Lipinski definition) is 4. The van der Waals surface area contributed by atoms with Crippen molar-refractivity contribution in [1.29, 1.82) is 0 Å². The van der Waals surface area contributed by atoms with Gasteiger partial charge in [-0.3, -0.25) is 0 Å². The number of carbonyl (C=O) groups is 1. The minimum Gasteiger partial charge on any atom is -0.467 e. The van der Waals surface area contributed by atoms with Crippen LogP contribution in [-0.2, 0) is 9.53 Å². The highest BCUT2D eigenvalue weighted by atomic mass is 35.5. The Morgan fingerprint density at radius 3 is 2.12 bits per heavy atom. The summed E-state index contributed by atoms with van der Waals surface area (Å²) in [6.45, 7) is 0. The molecule has 0 unspecified atom stereocenters. The van der Waals surface area contributed by atoms with Crippen LogP contribution in [0.2, 0.25) is 5.02 Å². The zero-order valence-corrected chi connectivity index (χ0v) is 17.3. The van der Waals surface area contributed by atoms with Crippen molar-refractivity contribution in [3.63, 3.8) is 0 Å². The number of halogens is 3. The Kier molecular flexibility index (Phi) is 11.0. The summed E-state index contributed by atoms with van der Waals surface area (Å²) < 4.78 is 3.13. The lowest BCUT2D eigenvalue weighted by atomic mass is 10.0. The van der Waals surface area contributed by atoms with Gasteiger partial charge in [0.1, 0.15) is 0 Å². The van der Waals surface area contributed by atoms with Crippen molar-refractivity contribution in [2.45, 2.75) is 62.1 Å². The van der Waals surface area contributed by atoms with Crippen LogP contribution in [0.15, 0.2) is 29.4 Å². The summed E-state index contributed by atoms with van der Waals surface area (Å²) in [4.78, 5) is 11.4. The number of carbonyl (C=O) groups excluding carboxylic acids is 1. The minimum absolute atomic E-state index is 0.403. The summed E-state index contributed by atoms with van der Waals surface area (Å²) in [5.41, 5.74) is 1.58. The Hall–Kier alpha value is -0.970. The largest absolute Gasteiger partial charge is 0.467 e. The van der Waals surface area contributed by atoms with Crippen LogP contribution < -0.4 is 0 Å². The van der Waals surface area contributed by atoms with E-state index in [-0.39, 0.29) is 0 Å². The Labute approximate surface area is 170 Å². The molecule has 0 spiro atoms. The number of alkyl halides is 2. The maximum atomic E-state index is 11.4. The smallest absolute Gasteiger partial charge is 0.342 e. The lowest BCUT2D eigenvalue weighted by molar-refractivity contribution is -0.141. The van der Waals surface area contributed by atoms with E-state index in [2.05, 4.69) is 9.89 Å². The predicted molar refractivity (Wildman–Crippen MR) is 108 cm³/mol. The Morgan fingerprint density at radius 2 is 1.58 bits per heavy atom. The number of oxime groups is 1. The van der Waals surface area contributed by atoms with Crippen LogP contribution in [0.4, 0.5) is 0 Å². The van der Waals surface area contributed by atoms with Crippen molar-refractivity contribution < 1.29 is 14.7 Å². The van der Waals surface area contributed by atoms with Gasteiger partial charge in [0.25, 0.3) is 0 Å². The lowest BCUT2D eigenvalue weighted by Crippen LogP contribution is -2.27. The first-order valence-electron chi connectivity index (χ1n) is 8.84. The van der Waals surface area contributed by atoms with Crippen molar-refractivity contribution in [3.05, 3.63) is 34.9 Å². The summed E-state index contributed by atoms with van der Waals surface area (Å²) in [6, 6.07) is 7.30. The molecule has 0 heterocycles. The highest BCUT2D eigenvalue weighted by molar-refractivity contribution is 6.57. The van der Waals surface area contributed by atoms with E-state index < -0.39 is 10.3 Å². The van der Waals surface area contributed by atoms with Gasteiger partial charge in [-0.1, -0.05) is 84.2 Å². The van der Waals surface area contributed by atoms with E-state index in [0.717, 1.165) is 56.9 Å². The number of ether oxygens (including phenoxy) is 1. The molecule has 0 aliphatic heterocycles. The van der Waals surface area contributed by atoms with E-state index in [9.17, 15) is 10.0 Å². The van der Waals surface area contributed by atoms with Gasteiger partial charge in [-0.25, -0.2) is 4.79 Å². The highest BCUT2D eigenvalue weighted by Crippen LogP contribution is 2.29.